The maximum Gasteiger partial charge on any atom is 0.00188 e. The molecular formula is C11H26N2. The number of nitrogens with two attached hydrogens (primary N) is 1. The molecule has 0 saturated heterocycles. The number of rotatable bonds is 7. The van der Waals surface area contributed by atoms with E-state index >= 15 is 0 Å². The van der Waals surface area contributed by atoms with Gasteiger partial charge in [0.15, 0.2) is 0 Å². The van der Waals surface area contributed by atoms with E-state index in [-0.39, 0.29) is 0 Å². The molecule has 0 bridgehead atoms. The maximum absolute atomic E-state index is 5.71. The van der Waals surface area contributed by atoms with Gasteiger partial charge in [-0.3, -0.25) is 0 Å². The van der Waals surface area contributed by atoms with Crippen LogP contribution in [0.25, 0.3) is 0 Å². The molecule has 2 nitrogen and oxygen atoms in total. The Balaban J connectivity index is 3.65. The Hall–Kier alpha value is -0.0800. The topological polar surface area (TPSA) is 29.3 Å². The lowest BCUT2D eigenvalue weighted by Gasteiger charge is -2.24. The van der Waals surface area contributed by atoms with Gasteiger partial charge in [-0.05, 0) is 31.8 Å². The highest BCUT2D eigenvalue weighted by Gasteiger charge is 2.09. The highest BCUT2D eigenvalue weighted by Crippen LogP contribution is 2.07. The van der Waals surface area contributed by atoms with Crippen molar-refractivity contribution in [2.24, 2.45) is 17.6 Å². The van der Waals surface area contributed by atoms with Crippen LogP contribution in [0.2, 0.25) is 0 Å². The average Bonchev–Trinajstić information content (AvgIpc) is 2.02. The van der Waals surface area contributed by atoms with E-state index in [0.717, 1.165) is 19.0 Å². The second-order valence-electron chi connectivity index (χ2n) is 4.51. The third kappa shape index (κ3) is 7.03. The van der Waals surface area contributed by atoms with Crippen molar-refractivity contribution in [3.63, 3.8) is 0 Å². The molecule has 2 N–H and O–H groups in total. The van der Waals surface area contributed by atoms with Crippen LogP contribution in [0.15, 0.2) is 0 Å². The van der Waals surface area contributed by atoms with Crippen molar-refractivity contribution in [2.75, 3.05) is 26.7 Å². The van der Waals surface area contributed by atoms with Gasteiger partial charge >= 0.3 is 0 Å². The van der Waals surface area contributed by atoms with E-state index in [1.807, 2.05) is 0 Å². The van der Waals surface area contributed by atoms with Gasteiger partial charge in [0.1, 0.15) is 0 Å². The molecule has 0 aromatic carbocycles. The first-order valence-electron chi connectivity index (χ1n) is 5.48. The Bertz CT molecular complexity index is 113. The summed E-state index contributed by atoms with van der Waals surface area (Å²) in [6.45, 7) is 9.91. The molecule has 1 unspecified atom stereocenters. The quantitative estimate of drug-likeness (QED) is 0.658. The third-order valence-corrected chi connectivity index (χ3v) is 2.28. The van der Waals surface area contributed by atoms with E-state index < -0.39 is 0 Å². The van der Waals surface area contributed by atoms with E-state index in [1.165, 1.54) is 19.4 Å². The minimum absolute atomic E-state index is 0.689. The van der Waals surface area contributed by atoms with Gasteiger partial charge in [0.2, 0.25) is 0 Å². The largest absolute Gasteiger partial charge is 0.330 e. The first-order chi connectivity index (χ1) is 6.10. The molecular weight excluding hydrogens is 160 g/mol. The van der Waals surface area contributed by atoms with Crippen molar-refractivity contribution in [3.05, 3.63) is 0 Å². The van der Waals surface area contributed by atoms with Crippen LogP contribution in [0.3, 0.4) is 0 Å². The van der Waals surface area contributed by atoms with E-state index in [9.17, 15) is 0 Å². The van der Waals surface area contributed by atoms with Gasteiger partial charge < -0.3 is 10.6 Å². The fourth-order valence-electron chi connectivity index (χ4n) is 1.83. The Morgan fingerprint density at radius 1 is 1.23 bits per heavy atom. The summed E-state index contributed by atoms with van der Waals surface area (Å²) in [5, 5.41) is 0. The molecule has 0 heterocycles. The van der Waals surface area contributed by atoms with Crippen molar-refractivity contribution in [3.8, 4) is 0 Å². The van der Waals surface area contributed by atoms with Crippen molar-refractivity contribution < 1.29 is 0 Å². The third-order valence-electron chi connectivity index (χ3n) is 2.28. The predicted molar refractivity (Wildman–Crippen MR) is 59.8 cm³/mol. The second-order valence-corrected chi connectivity index (χ2v) is 4.51. The fourth-order valence-corrected chi connectivity index (χ4v) is 1.83. The van der Waals surface area contributed by atoms with Crippen molar-refractivity contribution >= 4 is 0 Å². The van der Waals surface area contributed by atoms with E-state index in [1.54, 1.807) is 0 Å². The van der Waals surface area contributed by atoms with Crippen LogP contribution < -0.4 is 5.73 Å². The first-order valence-corrected chi connectivity index (χ1v) is 5.48. The van der Waals surface area contributed by atoms with Crippen LogP contribution in [0.1, 0.15) is 33.6 Å². The molecule has 1 atom stereocenters. The Labute approximate surface area is 83.5 Å². The molecule has 13 heavy (non-hydrogen) atoms. The zero-order valence-electron chi connectivity index (χ0n) is 9.71. The molecule has 0 aliphatic carbocycles. The number of hydrogen-bond donors (Lipinski definition) is 1. The van der Waals surface area contributed by atoms with Crippen molar-refractivity contribution in [1.29, 1.82) is 0 Å². The Kier molecular flexibility index (Phi) is 7.29. The number of hydrogen-bond acceptors (Lipinski definition) is 2. The molecule has 0 radical (unpaired) electrons. The van der Waals surface area contributed by atoms with E-state index in [2.05, 4.69) is 32.7 Å². The SMILES string of the molecule is CCCC(CN)CN(C)CC(C)C. The molecule has 0 rings (SSSR count). The van der Waals surface area contributed by atoms with Gasteiger partial charge in [-0.25, -0.2) is 0 Å². The minimum atomic E-state index is 0.689. The molecule has 2 heteroatoms. The summed E-state index contributed by atoms with van der Waals surface area (Å²) >= 11 is 0. The lowest BCUT2D eigenvalue weighted by Crippen LogP contribution is -2.32. The molecule has 0 aliphatic rings. The Morgan fingerprint density at radius 2 is 1.85 bits per heavy atom. The number of nitrogens with zero attached hydrogens (tertiary/aromatic N) is 1. The van der Waals surface area contributed by atoms with Crippen LogP contribution in [0.5, 0.6) is 0 Å². The second kappa shape index (κ2) is 7.34. The highest BCUT2D eigenvalue weighted by molar-refractivity contribution is 4.65. The van der Waals surface area contributed by atoms with Gasteiger partial charge in [-0.15, -0.1) is 0 Å². The summed E-state index contributed by atoms with van der Waals surface area (Å²) in [4.78, 5) is 2.40. The summed E-state index contributed by atoms with van der Waals surface area (Å²) in [6, 6.07) is 0. The molecule has 0 amide bonds. The standard InChI is InChI=1S/C11H26N2/c1-5-6-11(7-12)9-13(4)8-10(2)3/h10-11H,5-9,12H2,1-4H3. The lowest BCUT2D eigenvalue weighted by molar-refractivity contribution is 0.245. The molecule has 0 aromatic rings. The van der Waals surface area contributed by atoms with Gasteiger partial charge in [0.05, 0.1) is 0 Å². The molecule has 0 fully saturated rings. The lowest BCUT2D eigenvalue weighted by atomic mass is 10.0. The van der Waals surface area contributed by atoms with Crippen LogP contribution in [-0.2, 0) is 0 Å². The van der Waals surface area contributed by atoms with Crippen LogP contribution in [0, 0.1) is 11.8 Å². The van der Waals surface area contributed by atoms with Gasteiger partial charge in [0, 0.05) is 13.1 Å². The van der Waals surface area contributed by atoms with Crippen molar-refractivity contribution in [2.45, 2.75) is 33.6 Å². The predicted octanol–water partition coefficient (Wildman–Crippen LogP) is 1.95. The summed E-state index contributed by atoms with van der Waals surface area (Å²) in [5.74, 6) is 1.44. The average molecular weight is 186 g/mol. The summed E-state index contributed by atoms with van der Waals surface area (Å²) in [5.41, 5.74) is 5.71. The summed E-state index contributed by atoms with van der Waals surface area (Å²) < 4.78 is 0. The zero-order chi connectivity index (χ0) is 10.3. The summed E-state index contributed by atoms with van der Waals surface area (Å²) in [7, 11) is 2.19. The van der Waals surface area contributed by atoms with Crippen molar-refractivity contribution in [1.82, 2.24) is 4.90 Å². The highest BCUT2D eigenvalue weighted by atomic mass is 15.1. The Morgan fingerprint density at radius 3 is 2.23 bits per heavy atom. The van der Waals surface area contributed by atoms with Gasteiger partial charge in [-0.1, -0.05) is 27.2 Å². The van der Waals surface area contributed by atoms with Crippen LogP contribution >= 0.6 is 0 Å². The van der Waals surface area contributed by atoms with E-state index in [4.69, 9.17) is 5.73 Å². The fraction of sp³-hybridized carbons (Fsp3) is 1.00. The van der Waals surface area contributed by atoms with Gasteiger partial charge in [0.25, 0.3) is 0 Å². The molecule has 80 valence electrons. The van der Waals surface area contributed by atoms with Crippen LogP contribution in [0.4, 0.5) is 0 Å². The molecule has 0 aliphatic heterocycles. The van der Waals surface area contributed by atoms with E-state index in [0.29, 0.717) is 5.92 Å². The van der Waals surface area contributed by atoms with Gasteiger partial charge in [-0.2, -0.15) is 0 Å². The summed E-state index contributed by atoms with van der Waals surface area (Å²) in [6.07, 6.45) is 2.51. The molecule has 0 aromatic heterocycles. The van der Waals surface area contributed by atoms with Crippen LogP contribution in [-0.4, -0.2) is 31.6 Å². The monoisotopic (exact) mass is 186 g/mol. The zero-order valence-corrected chi connectivity index (χ0v) is 9.71. The molecule has 0 spiro atoms. The first kappa shape index (κ1) is 12.9. The minimum Gasteiger partial charge on any atom is -0.330 e. The maximum atomic E-state index is 5.71. The molecule has 0 saturated carbocycles. The normalized spacial score (nSPS) is 14.1. The smallest absolute Gasteiger partial charge is 0.00188 e.